The third-order valence-electron chi connectivity index (χ3n) is 5.13. The lowest BCUT2D eigenvalue weighted by molar-refractivity contribution is 0.0668. The number of hydrogen-bond donors (Lipinski definition) is 2. The fraction of sp³-hybridized carbons (Fsp3) is 0.0870. The Morgan fingerprint density at radius 1 is 0.852 bits per heavy atom. The molecular weight excluding hydrogens is 334 g/mol. The van der Waals surface area contributed by atoms with E-state index >= 15 is 0 Å². The van der Waals surface area contributed by atoms with Gasteiger partial charge in [-0.2, -0.15) is 0 Å². The predicted molar refractivity (Wildman–Crippen MR) is 107 cm³/mol. The van der Waals surface area contributed by atoms with Crippen LogP contribution >= 0.6 is 0 Å². The molecule has 1 atom stereocenters. The highest BCUT2D eigenvalue weighted by molar-refractivity contribution is 6.02. The third kappa shape index (κ3) is 2.66. The number of carbonyl (C=O) groups is 1. The summed E-state index contributed by atoms with van der Waals surface area (Å²) >= 11 is 0. The standard InChI is InChI=1S/C23H19N3O/c27-23-18-11-5-7-13-21(18)25-22(26(23)15-16-8-2-1-3-9-16)19-14-24-20-12-6-4-10-17(19)20/h1-14,22,24-25H,15H2/t22-/m0/s1. The van der Waals surface area contributed by atoms with Crippen LogP contribution in [0, 0.1) is 0 Å². The summed E-state index contributed by atoms with van der Waals surface area (Å²) in [4.78, 5) is 18.6. The quantitative estimate of drug-likeness (QED) is 0.548. The number of para-hydroxylation sites is 2. The van der Waals surface area contributed by atoms with Crippen LogP contribution in [0.15, 0.2) is 85.1 Å². The molecule has 2 heterocycles. The van der Waals surface area contributed by atoms with E-state index in [9.17, 15) is 4.79 Å². The van der Waals surface area contributed by atoms with Gasteiger partial charge < -0.3 is 15.2 Å². The van der Waals surface area contributed by atoms with Crippen LogP contribution in [0.2, 0.25) is 0 Å². The number of anilines is 1. The minimum atomic E-state index is -0.233. The Hall–Kier alpha value is -3.53. The summed E-state index contributed by atoms with van der Waals surface area (Å²) in [6.45, 7) is 0.547. The van der Waals surface area contributed by atoms with Gasteiger partial charge in [0.1, 0.15) is 6.17 Å². The minimum absolute atomic E-state index is 0.0449. The minimum Gasteiger partial charge on any atom is -0.361 e. The van der Waals surface area contributed by atoms with Crippen LogP contribution in [0.25, 0.3) is 10.9 Å². The molecule has 5 rings (SSSR count). The Morgan fingerprint density at radius 3 is 2.48 bits per heavy atom. The first kappa shape index (κ1) is 15.7. The molecule has 3 aromatic carbocycles. The van der Waals surface area contributed by atoms with E-state index < -0.39 is 0 Å². The maximum absolute atomic E-state index is 13.3. The van der Waals surface area contributed by atoms with Gasteiger partial charge in [-0.25, -0.2) is 0 Å². The van der Waals surface area contributed by atoms with Crippen molar-refractivity contribution in [2.75, 3.05) is 5.32 Å². The second kappa shape index (κ2) is 6.32. The molecule has 0 saturated carbocycles. The summed E-state index contributed by atoms with van der Waals surface area (Å²) in [6.07, 6.45) is 1.77. The Balaban J connectivity index is 1.63. The first-order valence-electron chi connectivity index (χ1n) is 9.08. The fourth-order valence-electron chi connectivity index (χ4n) is 3.80. The van der Waals surface area contributed by atoms with Crippen molar-refractivity contribution in [2.24, 2.45) is 0 Å². The molecule has 4 aromatic rings. The van der Waals surface area contributed by atoms with Crippen LogP contribution in [0.5, 0.6) is 0 Å². The molecule has 132 valence electrons. The summed E-state index contributed by atoms with van der Waals surface area (Å²) < 4.78 is 0. The number of nitrogens with one attached hydrogen (secondary N) is 2. The molecule has 0 fully saturated rings. The maximum atomic E-state index is 13.3. The van der Waals surface area contributed by atoms with Gasteiger partial charge in [-0.1, -0.05) is 60.7 Å². The van der Waals surface area contributed by atoms with E-state index in [1.807, 2.05) is 65.7 Å². The highest BCUT2D eigenvalue weighted by atomic mass is 16.2. The molecule has 2 N–H and O–H groups in total. The molecule has 0 unspecified atom stereocenters. The van der Waals surface area contributed by atoms with Crippen molar-refractivity contribution in [1.82, 2.24) is 9.88 Å². The molecule has 4 nitrogen and oxygen atoms in total. The summed E-state index contributed by atoms with van der Waals surface area (Å²) in [7, 11) is 0. The van der Waals surface area contributed by atoms with Crippen LogP contribution in [0.3, 0.4) is 0 Å². The third-order valence-corrected chi connectivity index (χ3v) is 5.13. The number of rotatable bonds is 3. The predicted octanol–water partition coefficient (Wildman–Crippen LogP) is 4.93. The molecule has 4 heteroatoms. The average Bonchev–Trinajstić information content (AvgIpc) is 3.15. The van der Waals surface area contributed by atoms with Gasteiger partial charge in [0.2, 0.25) is 0 Å². The van der Waals surface area contributed by atoms with E-state index in [0.29, 0.717) is 12.1 Å². The Morgan fingerprint density at radius 2 is 1.59 bits per heavy atom. The topological polar surface area (TPSA) is 48.1 Å². The molecule has 1 aliphatic rings. The monoisotopic (exact) mass is 353 g/mol. The zero-order valence-corrected chi connectivity index (χ0v) is 14.7. The second-order valence-electron chi connectivity index (χ2n) is 6.80. The lowest BCUT2D eigenvalue weighted by Gasteiger charge is -2.38. The molecule has 0 aliphatic carbocycles. The van der Waals surface area contributed by atoms with Crippen LogP contribution in [0.1, 0.15) is 27.7 Å². The van der Waals surface area contributed by atoms with Crippen molar-refractivity contribution >= 4 is 22.5 Å². The lowest BCUT2D eigenvalue weighted by Crippen LogP contribution is -2.42. The van der Waals surface area contributed by atoms with Crippen molar-refractivity contribution in [3.8, 4) is 0 Å². The average molecular weight is 353 g/mol. The molecule has 0 saturated heterocycles. The van der Waals surface area contributed by atoms with Crippen molar-refractivity contribution < 1.29 is 4.79 Å². The number of carbonyl (C=O) groups excluding carboxylic acids is 1. The van der Waals surface area contributed by atoms with Gasteiger partial charge in [0, 0.05) is 34.9 Å². The van der Waals surface area contributed by atoms with Gasteiger partial charge >= 0.3 is 0 Å². The van der Waals surface area contributed by atoms with Gasteiger partial charge in [-0.05, 0) is 23.8 Å². The Kier molecular flexibility index (Phi) is 3.68. The van der Waals surface area contributed by atoms with Crippen LogP contribution in [-0.2, 0) is 6.54 Å². The van der Waals surface area contributed by atoms with Gasteiger partial charge in [0.05, 0.1) is 5.56 Å². The molecular formula is C23H19N3O. The van der Waals surface area contributed by atoms with Gasteiger partial charge in [0.15, 0.2) is 0 Å². The van der Waals surface area contributed by atoms with Crippen molar-refractivity contribution in [3.63, 3.8) is 0 Å². The number of fused-ring (bicyclic) bond motifs is 2. The van der Waals surface area contributed by atoms with Crippen molar-refractivity contribution in [2.45, 2.75) is 12.7 Å². The van der Waals surface area contributed by atoms with Gasteiger partial charge in [0.25, 0.3) is 5.91 Å². The van der Waals surface area contributed by atoms with E-state index in [2.05, 4.69) is 34.6 Å². The van der Waals surface area contributed by atoms with E-state index in [-0.39, 0.29) is 12.1 Å². The van der Waals surface area contributed by atoms with Crippen LogP contribution in [-0.4, -0.2) is 15.8 Å². The number of H-pyrrole nitrogens is 1. The van der Waals surface area contributed by atoms with Crippen LogP contribution < -0.4 is 5.32 Å². The normalized spacial score (nSPS) is 16.2. The molecule has 0 spiro atoms. The van der Waals surface area contributed by atoms with Gasteiger partial charge in [-0.3, -0.25) is 4.79 Å². The SMILES string of the molecule is O=C1c2ccccc2N[C@H](c2c[nH]c3ccccc23)N1Cc1ccccc1. The molecule has 0 bridgehead atoms. The van der Waals surface area contributed by atoms with E-state index in [0.717, 1.165) is 27.7 Å². The zero-order valence-electron chi connectivity index (χ0n) is 14.7. The molecule has 1 amide bonds. The summed E-state index contributed by atoms with van der Waals surface area (Å²) in [6, 6.07) is 26.0. The first-order valence-corrected chi connectivity index (χ1v) is 9.08. The van der Waals surface area contributed by atoms with Crippen molar-refractivity contribution in [1.29, 1.82) is 0 Å². The molecule has 0 radical (unpaired) electrons. The largest absolute Gasteiger partial charge is 0.361 e. The number of aromatic nitrogens is 1. The number of aromatic amines is 1. The zero-order chi connectivity index (χ0) is 18.2. The summed E-state index contributed by atoms with van der Waals surface area (Å²) in [5.41, 5.74) is 4.84. The summed E-state index contributed by atoms with van der Waals surface area (Å²) in [5, 5.41) is 4.70. The number of nitrogens with zero attached hydrogens (tertiary/aromatic N) is 1. The Labute approximate surface area is 157 Å². The van der Waals surface area contributed by atoms with Crippen molar-refractivity contribution in [3.05, 3.63) is 102 Å². The maximum Gasteiger partial charge on any atom is 0.258 e. The fourth-order valence-corrected chi connectivity index (χ4v) is 3.80. The van der Waals surface area contributed by atoms with E-state index in [1.165, 1.54) is 0 Å². The lowest BCUT2D eigenvalue weighted by atomic mass is 10.0. The first-order chi connectivity index (χ1) is 13.3. The number of amides is 1. The van der Waals surface area contributed by atoms with E-state index in [1.54, 1.807) is 0 Å². The number of benzene rings is 3. The highest BCUT2D eigenvalue weighted by Crippen LogP contribution is 2.36. The summed E-state index contributed by atoms with van der Waals surface area (Å²) in [5.74, 6) is 0.0449. The molecule has 27 heavy (non-hydrogen) atoms. The molecule has 1 aliphatic heterocycles. The van der Waals surface area contributed by atoms with Gasteiger partial charge in [-0.15, -0.1) is 0 Å². The Bertz CT molecular complexity index is 1120. The second-order valence-corrected chi connectivity index (χ2v) is 6.80. The number of hydrogen-bond acceptors (Lipinski definition) is 2. The smallest absolute Gasteiger partial charge is 0.258 e. The van der Waals surface area contributed by atoms with Crippen LogP contribution in [0.4, 0.5) is 5.69 Å². The van der Waals surface area contributed by atoms with E-state index in [4.69, 9.17) is 0 Å². The molecule has 1 aromatic heterocycles. The highest BCUT2D eigenvalue weighted by Gasteiger charge is 2.33.